The Hall–Kier alpha value is -2.49. The third-order valence-electron chi connectivity index (χ3n) is 5.08. The molecule has 0 aliphatic heterocycles. The number of benzene rings is 2. The SMILES string of the molecule is N#CC1(C(=O)NNC(=O)c2ccc(CSc3ccc(Cl)cc3)cc2)CCCCC1. The summed E-state index contributed by atoms with van der Waals surface area (Å²) in [5, 5.41) is 10.1. The van der Waals surface area contributed by atoms with Crippen LogP contribution in [0.15, 0.2) is 53.4 Å². The van der Waals surface area contributed by atoms with Crippen molar-refractivity contribution in [1.82, 2.24) is 10.9 Å². The van der Waals surface area contributed by atoms with Gasteiger partial charge in [0.25, 0.3) is 11.8 Å². The molecule has 2 N–H and O–H groups in total. The van der Waals surface area contributed by atoms with Crippen LogP contribution in [0.5, 0.6) is 0 Å². The van der Waals surface area contributed by atoms with E-state index in [-0.39, 0.29) is 0 Å². The van der Waals surface area contributed by atoms with Gasteiger partial charge in [0.2, 0.25) is 0 Å². The Balaban J connectivity index is 1.51. The molecule has 0 bridgehead atoms. The van der Waals surface area contributed by atoms with Crippen LogP contribution in [0.2, 0.25) is 5.02 Å². The van der Waals surface area contributed by atoms with Crippen molar-refractivity contribution in [3.8, 4) is 6.07 Å². The Morgan fingerprint density at radius 3 is 2.28 bits per heavy atom. The Kier molecular flexibility index (Phi) is 7.18. The summed E-state index contributed by atoms with van der Waals surface area (Å²) in [4.78, 5) is 25.9. The number of carbonyl (C=O) groups excluding carboxylic acids is 2. The van der Waals surface area contributed by atoms with Gasteiger partial charge >= 0.3 is 0 Å². The van der Waals surface area contributed by atoms with Gasteiger partial charge in [0, 0.05) is 21.2 Å². The third-order valence-corrected chi connectivity index (χ3v) is 6.42. The van der Waals surface area contributed by atoms with Gasteiger partial charge in [0.1, 0.15) is 5.41 Å². The molecule has 1 fully saturated rings. The second-order valence-electron chi connectivity index (χ2n) is 7.10. The number of rotatable bonds is 5. The van der Waals surface area contributed by atoms with Crippen molar-refractivity contribution < 1.29 is 9.59 Å². The zero-order valence-corrected chi connectivity index (χ0v) is 17.5. The Morgan fingerprint density at radius 2 is 1.66 bits per heavy atom. The van der Waals surface area contributed by atoms with Gasteiger partial charge in [-0.15, -0.1) is 11.8 Å². The first-order valence-corrected chi connectivity index (χ1v) is 10.9. The molecule has 7 heteroatoms. The largest absolute Gasteiger partial charge is 0.271 e. The molecule has 1 aliphatic carbocycles. The molecule has 1 aliphatic rings. The molecule has 0 atom stereocenters. The molecule has 0 radical (unpaired) electrons. The summed E-state index contributed by atoms with van der Waals surface area (Å²) in [5.74, 6) is -0.0616. The van der Waals surface area contributed by atoms with E-state index in [0.29, 0.717) is 23.4 Å². The molecule has 5 nitrogen and oxygen atoms in total. The van der Waals surface area contributed by atoms with E-state index in [9.17, 15) is 14.9 Å². The Morgan fingerprint density at radius 1 is 1.00 bits per heavy atom. The van der Waals surface area contributed by atoms with Gasteiger partial charge < -0.3 is 0 Å². The molecule has 150 valence electrons. The Labute approximate surface area is 179 Å². The van der Waals surface area contributed by atoms with Crippen LogP contribution in [0.1, 0.15) is 48.0 Å². The number of nitriles is 1. The van der Waals surface area contributed by atoms with Gasteiger partial charge in [-0.2, -0.15) is 5.26 Å². The monoisotopic (exact) mass is 427 g/mol. The first kappa shape index (κ1) is 21.2. The Bertz CT molecular complexity index is 901. The van der Waals surface area contributed by atoms with Crippen LogP contribution < -0.4 is 10.9 Å². The summed E-state index contributed by atoms with van der Waals surface area (Å²) in [6, 6.07) is 17.0. The highest BCUT2D eigenvalue weighted by Crippen LogP contribution is 2.35. The first-order chi connectivity index (χ1) is 14.0. The number of nitrogens with zero attached hydrogens (tertiary/aromatic N) is 1. The summed E-state index contributed by atoms with van der Waals surface area (Å²) in [5.41, 5.74) is 5.35. The van der Waals surface area contributed by atoms with E-state index >= 15 is 0 Å². The maximum absolute atomic E-state index is 12.4. The lowest BCUT2D eigenvalue weighted by Crippen LogP contribution is -2.49. The van der Waals surface area contributed by atoms with Gasteiger partial charge in [-0.1, -0.05) is 43.0 Å². The van der Waals surface area contributed by atoms with E-state index in [1.165, 1.54) is 0 Å². The van der Waals surface area contributed by atoms with Crippen LogP contribution in [0.25, 0.3) is 0 Å². The highest BCUT2D eigenvalue weighted by molar-refractivity contribution is 7.98. The number of carbonyl (C=O) groups is 2. The maximum atomic E-state index is 12.4. The van der Waals surface area contributed by atoms with Crippen molar-refractivity contribution in [2.24, 2.45) is 5.41 Å². The summed E-state index contributed by atoms with van der Waals surface area (Å²) >= 11 is 7.57. The molecule has 0 heterocycles. The van der Waals surface area contributed by atoms with E-state index < -0.39 is 17.2 Å². The molecule has 0 aromatic heterocycles. The van der Waals surface area contributed by atoms with Crippen molar-refractivity contribution in [2.45, 2.75) is 42.8 Å². The van der Waals surface area contributed by atoms with E-state index in [1.54, 1.807) is 23.9 Å². The molecule has 2 amide bonds. The van der Waals surface area contributed by atoms with Gasteiger partial charge in [0.05, 0.1) is 6.07 Å². The number of thioether (sulfide) groups is 1. The lowest BCUT2D eigenvalue weighted by molar-refractivity contribution is -0.130. The molecule has 2 aromatic rings. The van der Waals surface area contributed by atoms with Crippen LogP contribution in [-0.4, -0.2) is 11.8 Å². The van der Waals surface area contributed by atoms with Crippen LogP contribution in [0.3, 0.4) is 0 Å². The fraction of sp³-hybridized carbons (Fsp3) is 0.318. The van der Waals surface area contributed by atoms with E-state index in [1.807, 2.05) is 36.4 Å². The molecule has 3 rings (SSSR count). The van der Waals surface area contributed by atoms with Crippen molar-refractivity contribution in [3.63, 3.8) is 0 Å². The van der Waals surface area contributed by atoms with E-state index in [0.717, 1.165) is 35.5 Å². The first-order valence-electron chi connectivity index (χ1n) is 9.52. The fourth-order valence-electron chi connectivity index (χ4n) is 3.30. The number of amides is 2. The third kappa shape index (κ3) is 5.53. The predicted octanol–water partition coefficient (Wildman–Crippen LogP) is 4.87. The van der Waals surface area contributed by atoms with Gasteiger partial charge in [-0.3, -0.25) is 20.4 Å². The predicted molar refractivity (Wildman–Crippen MR) is 114 cm³/mol. The van der Waals surface area contributed by atoms with Crippen molar-refractivity contribution >= 4 is 35.2 Å². The fourth-order valence-corrected chi connectivity index (χ4v) is 4.28. The van der Waals surface area contributed by atoms with Gasteiger partial charge in [-0.25, -0.2) is 0 Å². The van der Waals surface area contributed by atoms with Crippen LogP contribution in [-0.2, 0) is 10.5 Å². The number of halogens is 1. The minimum absolute atomic E-state index is 0.404. The average Bonchev–Trinajstić information content (AvgIpc) is 2.77. The zero-order chi connectivity index (χ0) is 20.7. The number of hydrazine groups is 1. The molecule has 1 saturated carbocycles. The van der Waals surface area contributed by atoms with Crippen molar-refractivity contribution in [2.75, 3.05) is 0 Å². The van der Waals surface area contributed by atoms with Crippen molar-refractivity contribution in [3.05, 3.63) is 64.7 Å². The van der Waals surface area contributed by atoms with Crippen LogP contribution in [0.4, 0.5) is 0 Å². The summed E-state index contributed by atoms with van der Waals surface area (Å²) in [6.45, 7) is 0. The zero-order valence-electron chi connectivity index (χ0n) is 15.9. The second kappa shape index (κ2) is 9.82. The van der Waals surface area contributed by atoms with Crippen LogP contribution >= 0.6 is 23.4 Å². The molecule has 0 saturated heterocycles. The summed E-state index contributed by atoms with van der Waals surface area (Å²) < 4.78 is 0. The van der Waals surface area contributed by atoms with Crippen LogP contribution in [0, 0.1) is 16.7 Å². The van der Waals surface area contributed by atoms with Gasteiger partial charge in [0.15, 0.2) is 0 Å². The molecule has 0 spiro atoms. The lowest BCUT2D eigenvalue weighted by atomic mass is 9.75. The normalized spacial score (nSPS) is 15.2. The smallest absolute Gasteiger partial charge is 0.269 e. The van der Waals surface area contributed by atoms with E-state index in [2.05, 4.69) is 16.9 Å². The van der Waals surface area contributed by atoms with E-state index in [4.69, 9.17) is 11.6 Å². The minimum Gasteiger partial charge on any atom is -0.271 e. The second-order valence-corrected chi connectivity index (χ2v) is 8.59. The number of hydrogen-bond acceptors (Lipinski definition) is 4. The maximum Gasteiger partial charge on any atom is 0.269 e. The molecule has 2 aromatic carbocycles. The quantitative estimate of drug-likeness (QED) is 0.527. The number of nitrogens with one attached hydrogen (secondary N) is 2. The molecular weight excluding hydrogens is 406 g/mol. The molecular formula is C22H22ClN3O2S. The molecule has 29 heavy (non-hydrogen) atoms. The molecule has 0 unspecified atom stereocenters. The lowest BCUT2D eigenvalue weighted by Gasteiger charge is -2.29. The van der Waals surface area contributed by atoms with Gasteiger partial charge in [-0.05, 0) is 54.8 Å². The average molecular weight is 428 g/mol. The highest BCUT2D eigenvalue weighted by atomic mass is 35.5. The number of hydrogen-bond donors (Lipinski definition) is 2. The summed E-state index contributed by atoms with van der Waals surface area (Å²) in [7, 11) is 0. The summed E-state index contributed by atoms with van der Waals surface area (Å²) in [6.07, 6.45) is 3.80. The standard InChI is InChI=1S/C22H22ClN3O2S/c23-18-8-10-19(11-9-18)29-14-16-4-6-17(7-5-16)20(27)25-26-21(28)22(15-24)12-2-1-3-13-22/h4-11H,1-3,12-14H2,(H,25,27)(H,26,28). The minimum atomic E-state index is -1.03. The van der Waals surface area contributed by atoms with Crippen molar-refractivity contribution in [1.29, 1.82) is 5.26 Å². The topological polar surface area (TPSA) is 82.0 Å². The highest BCUT2D eigenvalue weighted by Gasteiger charge is 2.40.